The summed E-state index contributed by atoms with van der Waals surface area (Å²) in [6.07, 6.45) is 2.67. The van der Waals surface area contributed by atoms with E-state index in [9.17, 15) is 4.79 Å². The minimum Gasteiger partial charge on any atom is -0.345 e. The number of halogens is 1. The molecule has 0 N–H and O–H groups in total. The maximum atomic E-state index is 11.2. The number of thioether (sulfide) groups is 1. The van der Waals surface area contributed by atoms with Crippen molar-refractivity contribution in [3.05, 3.63) is 0 Å². The molecule has 0 aliphatic carbocycles. The van der Waals surface area contributed by atoms with Gasteiger partial charge in [-0.1, -0.05) is 15.9 Å². The Kier molecular flexibility index (Phi) is 7.17. The van der Waals surface area contributed by atoms with Crippen LogP contribution in [-0.4, -0.2) is 41.7 Å². The van der Waals surface area contributed by atoms with Crippen molar-refractivity contribution in [3.8, 4) is 0 Å². The molecule has 0 heterocycles. The van der Waals surface area contributed by atoms with E-state index in [1.54, 1.807) is 16.7 Å². The Bertz CT molecular complexity index is 121. The fraction of sp³-hybridized carbons (Fsp3) is 0.857. The van der Waals surface area contributed by atoms with Crippen LogP contribution in [0.1, 0.15) is 6.42 Å². The predicted molar refractivity (Wildman–Crippen MR) is 54.4 cm³/mol. The second-order valence-electron chi connectivity index (χ2n) is 2.25. The van der Waals surface area contributed by atoms with E-state index < -0.39 is 0 Å². The highest BCUT2D eigenvalue weighted by molar-refractivity contribution is 9.09. The summed E-state index contributed by atoms with van der Waals surface area (Å²) >= 11 is 4.99. The molecule has 0 unspecified atom stereocenters. The quantitative estimate of drug-likeness (QED) is 0.680. The van der Waals surface area contributed by atoms with Gasteiger partial charge >= 0.3 is 0 Å². The number of alkyl halides is 1. The highest BCUT2D eigenvalue weighted by Crippen LogP contribution is 1.99. The van der Waals surface area contributed by atoms with E-state index in [-0.39, 0.29) is 5.91 Å². The van der Waals surface area contributed by atoms with Crippen molar-refractivity contribution in [1.29, 1.82) is 0 Å². The highest BCUT2D eigenvalue weighted by Gasteiger charge is 2.05. The Balaban J connectivity index is 3.47. The van der Waals surface area contributed by atoms with Gasteiger partial charge in [0.05, 0.1) is 0 Å². The second kappa shape index (κ2) is 6.98. The zero-order chi connectivity index (χ0) is 8.69. The lowest BCUT2D eigenvalue weighted by Gasteiger charge is -2.14. The predicted octanol–water partition coefficient (Wildman–Crippen LogP) is 1.59. The molecule has 11 heavy (non-hydrogen) atoms. The van der Waals surface area contributed by atoms with Gasteiger partial charge in [0, 0.05) is 31.1 Å². The van der Waals surface area contributed by atoms with Gasteiger partial charge in [-0.15, -0.1) is 0 Å². The number of hydrogen-bond acceptors (Lipinski definition) is 2. The fourth-order valence-corrected chi connectivity index (χ4v) is 1.54. The molecule has 0 aromatic carbocycles. The SMILES string of the molecule is CSCCC(=O)N(C)CCBr. The first-order valence-electron chi connectivity index (χ1n) is 3.51. The molecular formula is C7H14BrNOS. The Morgan fingerprint density at radius 2 is 2.27 bits per heavy atom. The van der Waals surface area contributed by atoms with Crippen molar-refractivity contribution in [2.75, 3.05) is 30.9 Å². The Morgan fingerprint density at radius 3 is 2.73 bits per heavy atom. The molecule has 4 heteroatoms. The molecule has 0 aliphatic heterocycles. The molecule has 66 valence electrons. The number of rotatable bonds is 5. The van der Waals surface area contributed by atoms with Gasteiger partial charge in [-0.05, 0) is 6.26 Å². The Labute approximate surface area is 80.8 Å². The standard InChI is InChI=1S/C7H14BrNOS/c1-9(5-4-8)7(10)3-6-11-2/h3-6H2,1-2H3. The van der Waals surface area contributed by atoms with E-state index in [1.165, 1.54) is 0 Å². The van der Waals surface area contributed by atoms with Gasteiger partial charge in [0.1, 0.15) is 0 Å². The topological polar surface area (TPSA) is 20.3 Å². The first-order chi connectivity index (χ1) is 5.22. The van der Waals surface area contributed by atoms with Crippen molar-refractivity contribution in [2.24, 2.45) is 0 Å². The van der Waals surface area contributed by atoms with Crippen LogP contribution in [0.15, 0.2) is 0 Å². The second-order valence-corrected chi connectivity index (χ2v) is 4.03. The average molecular weight is 240 g/mol. The molecule has 0 radical (unpaired) electrons. The molecule has 0 spiro atoms. The number of amides is 1. The minimum absolute atomic E-state index is 0.235. The summed E-state index contributed by atoms with van der Waals surface area (Å²) in [6, 6.07) is 0. The summed E-state index contributed by atoms with van der Waals surface area (Å²) in [4.78, 5) is 12.9. The van der Waals surface area contributed by atoms with Crippen molar-refractivity contribution in [3.63, 3.8) is 0 Å². The first-order valence-corrected chi connectivity index (χ1v) is 6.02. The van der Waals surface area contributed by atoms with E-state index >= 15 is 0 Å². The number of hydrogen-bond donors (Lipinski definition) is 0. The molecule has 0 aliphatic rings. The summed E-state index contributed by atoms with van der Waals surface area (Å²) in [5.41, 5.74) is 0. The van der Waals surface area contributed by atoms with Gasteiger partial charge in [-0.2, -0.15) is 11.8 Å². The van der Waals surface area contributed by atoms with Crippen LogP contribution < -0.4 is 0 Å². The van der Waals surface area contributed by atoms with Crippen LogP contribution >= 0.6 is 27.7 Å². The molecule has 0 atom stereocenters. The van der Waals surface area contributed by atoms with Gasteiger partial charge in [-0.25, -0.2) is 0 Å². The monoisotopic (exact) mass is 239 g/mol. The average Bonchev–Trinajstić information content (AvgIpc) is 2.00. The molecule has 2 nitrogen and oxygen atoms in total. The lowest BCUT2D eigenvalue weighted by atomic mass is 10.4. The number of nitrogens with zero attached hydrogens (tertiary/aromatic N) is 1. The number of carbonyl (C=O) groups excluding carboxylic acids is 1. The molecule has 1 amide bonds. The van der Waals surface area contributed by atoms with Crippen molar-refractivity contribution in [1.82, 2.24) is 4.90 Å². The largest absolute Gasteiger partial charge is 0.345 e. The summed E-state index contributed by atoms with van der Waals surface area (Å²) in [6.45, 7) is 0.799. The van der Waals surface area contributed by atoms with Gasteiger partial charge < -0.3 is 4.90 Å². The van der Waals surface area contributed by atoms with Gasteiger partial charge in [0.2, 0.25) is 5.91 Å². The highest BCUT2D eigenvalue weighted by atomic mass is 79.9. The zero-order valence-electron chi connectivity index (χ0n) is 6.97. The lowest BCUT2D eigenvalue weighted by molar-refractivity contribution is -0.129. The van der Waals surface area contributed by atoms with E-state index in [4.69, 9.17) is 0 Å². The zero-order valence-corrected chi connectivity index (χ0v) is 9.37. The van der Waals surface area contributed by atoms with Crippen LogP contribution in [0.5, 0.6) is 0 Å². The Hall–Kier alpha value is 0.300. The maximum absolute atomic E-state index is 11.2. The lowest BCUT2D eigenvalue weighted by Crippen LogP contribution is -2.28. The third-order valence-corrected chi connectivity index (χ3v) is 2.33. The summed E-state index contributed by atoms with van der Waals surface area (Å²) < 4.78 is 0. The molecule has 0 saturated heterocycles. The normalized spacial score (nSPS) is 9.73. The van der Waals surface area contributed by atoms with E-state index in [2.05, 4.69) is 15.9 Å². The Morgan fingerprint density at radius 1 is 1.64 bits per heavy atom. The van der Waals surface area contributed by atoms with Gasteiger partial charge in [0.15, 0.2) is 0 Å². The van der Waals surface area contributed by atoms with Crippen LogP contribution in [0.25, 0.3) is 0 Å². The van der Waals surface area contributed by atoms with Crippen LogP contribution in [0.4, 0.5) is 0 Å². The molecule has 0 aromatic heterocycles. The molecule has 0 saturated carbocycles. The molecule has 0 bridgehead atoms. The first kappa shape index (κ1) is 11.3. The third-order valence-electron chi connectivity index (χ3n) is 1.37. The molecule has 0 rings (SSSR count). The van der Waals surface area contributed by atoms with E-state index in [0.717, 1.165) is 17.6 Å². The molecule has 0 aromatic rings. The fourth-order valence-electron chi connectivity index (χ4n) is 0.632. The van der Waals surface area contributed by atoms with Crippen molar-refractivity contribution < 1.29 is 4.79 Å². The van der Waals surface area contributed by atoms with Crippen LogP contribution in [0.3, 0.4) is 0 Å². The van der Waals surface area contributed by atoms with Gasteiger partial charge in [0.25, 0.3) is 0 Å². The van der Waals surface area contributed by atoms with Gasteiger partial charge in [-0.3, -0.25) is 4.79 Å². The summed E-state index contributed by atoms with van der Waals surface area (Å²) in [5.74, 6) is 1.16. The van der Waals surface area contributed by atoms with Crippen LogP contribution in [-0.2, 0) is 4.79 Å². The summed E-state index contributed by atoms with van der Waals surface area (Å²) in [7, 11) is 1.84. The number of carbonyl (C=O) groups is 1. The van der Waals surface area contributed by atoms with E-state index in [1.807, 2.05) is 13.3 Å². The van der Waals surface area contributed by atoms with Crippen LogP contribution in [0, 0.1) is 0 Å². The van der Waals surface area contributed by atoms with Crippen molar-refractivity contribution in [2.45, 2.75) is 6.42 Å². The maximum Gasteiger partial charge on any atom is 0.223 e. The van der Waals surface area contributed by atoms with Crippen molar-refractivity contribution >= 4 is 33.6 Å². The minimum atomic E-state index is 0.235. The van der Waals surface area contributed by atoms with Crippen LogP contribution in [0.2, 0.25) is 0 Å². The molecular weight excluding hydrogens is 226 g/mol. The summed E-state index contributed by atoms with van der Waals surface area (Å²) in [5, 5.41) is 0.856. The molecule has 0 fully saturated rings. The smallest absolute Gasteiger partial charge is 0.223 e. The third kappa shape index (κ3) is 5.56. The van der Waals surface area contributed by atoms with E-state index in [0.29, 0.717) is 6.42 Å².